The van der Waals surface area contributed by atoms with Crippen molar-refractivity contribution in [3.05, 3.63) is 0 Å². The number of aliphatic carboxylic acids is 1. The number of nitrogens with one attached hydrogen (secondary N) is 1. The van der Waals surface area contributed by atoms with Crippen LogP contribution in [0, 0.1) is 0 Å². The first-order valence-electron chi connectivity index (χ1n) is 3.99. The molecule has 1 heterocycles. The summed E-state index contributed by atoms with van der Waals surface area (Å²) in [6.45, 7) is 0.241. The molecule has 2 amide bonds. The summed E-state index contributed by atoms with van der Waals surface area (Å²) in [5.41, 5.74) is 0. The number of nitrogens with zero attached hydrogens (tertiary/aromatic N) is 1. The minimum atomic E-state index is -0.916. The lowest BCUT2D eigenvalue weighted by Gasteiger charge is -2.18. The molecule has 12 heavy (non-hydrogen) atoms. The Morgan fingerprint density at radius 3 is 2.75 bits per heavy atom. The van der Waals surface area contributed by atoms with Gasteiger partial charge in [0.1, 0.15) is 6.04 Å². The first-order chi connectivity index (χ1) is 5.70. The summed E-state index contributed by atoms with van der Waals surface area (Å²) in [4.78, 5) is 23.2. The highest BCUT2D eigenvalue weighted by Crippen LogP contribution is 2.30. The van der Waals surface area contributed by atoms with Crippen LogP contribution in [-0.2, 0) is 4.79 Å². The summed E-state index contributed by atoms with van der Waals surface area (Å²) < 4.78 is 0. The van der Waals surface area contributed by atoms with Gasteiger partial charge in [0.05, 0.1) is 6.54 Å². The third-order valence-corrected chi connectivity index (χ3v) is 2.24. The summed E-state index contributed by atoms with van der Waals surface area (Å²) in [7, 11) is 0. The fourth-order valence-electron chi connectivity index (χ4n) is 1.49. The van der Waals surface area contributed by atoms with Gasteiger partial charge >= 0.3 is 12.0 Å². The maximum absolute atomic E-state index is 11.1. The third-order valence-electron chi connectivity index (χ3n) is 2.24. The van der Waals surface area contributed by atoms with Crippen LogP contribution in [0.1, 0.15) is 12.8 Å². The Hall–Kier alpha value is -1.26. The Morgan fingerprint density at radius 1 is 1.58 bits per heavy atom. The van der Waals surface area contributed by atoms with Crippen LogP contribution < -0.4 is 5.32 Å². The van der Waals surface area contributed by atoms with Crippen molar-refractivity contribution in [1.82, 2.24) is 10.2 Å². The number of carboxylic acids is 1. The molecule has 2 aliphatic rings. The van der Waals surface area contributed by atoms with Crippen molar-refractivity contribution in [2.45, 2.75) is 24.9 Å². The third kappa shape index (κ3) is 1.01. The molecule has 0 aromatic carbocycles. The van der Waals surface area contributed by atoms with E-state index in [4.69, 9.17) is 5.11 Å². The topological polar surface area (TPSA) is 69.6 Å². The van der Waals surface area contributed by atoms with E-state index in [-0.39, 0.29) is 18.6 Å². The van der Waals surface area contributed by atoms with E-state index in [1.165, 1.54) is 4.90 Å². The molecular weight excluding hydrogens is 160 g/mol. The van der Waals surface area contributed by atoms with E-state index in [1.807, 2.05) is 0 Å². The summed E-state index contributed by atoms with van der Waals surface area (Å²) in [6.07, 6.45) is 1.88. The second kappa shape index (κ2) is 2.36. The van der Waals surface area contributed by atoms with Gasteiger partial charge in [0.25, 0.3) is 0 Å². The van der Waals surface area contributed by atoms with Crippen LogP contribution in [0.3, 0.4) is 0 Å². The molecule has 1 atom stereocenters. The van der Waals surface area contributed by atoms with Crippen LogP contribution in [-0.4, -0.2) is 40.6 Å². The van der Waals surface area contributed by atoms with Gasteiger partial charge in [-0.2, -0.15) is 0 Å². The van der Waals surface area contributed by atoms with Crippen molar-refractivity contribution in [3.63, 3.8) is 0 Å². The standard InChI is InChI=1S/C7H10N2O3/c10-6(11)5-3-8-7(12)9(5)4-1-2-4/h4-5H,1-3H2,(H,8,12)(H,10,11). The van der Waals surface area contributed by atoms with Crippen molar-refractivity contribution in [2.24, 2.45) is 0 Å². The summed E-state index contributed by atoms with van der Waals surface area (Å²) >= 11 is 0. The molecule has 1 aliphatic heterocycles. The number of carboxylic acid groups (broad SMARTS) is 1. The molecule has 1 aliphatic carbocycles. The summed E-state index contributed by atoms with van der Waals surface area (Å²) in [5.74, 6) is -0.916. The highest BCUT2D eigenvalue weighted by molar-refractivity contribution is 5.87. The molecule has 0 aromatic rings. The van der Waals surface area contributed by atoms with E-state index >= 15 is 0 Å². The molecule has 5 nitrogen and oxygen atoms in total. The lowest BCUT2D eigenvalue weighted by atomic mass is 10.3. The van der Waals surface area contributed by atoms with Crippen molar-refractivity contribution in [1.29, 1.82) is 0 Å². The quantitative estimate of drug-likeness (QED) is 0.594. The van der Waals surface area contributed by atoms with E-state index in [0.717, 1.165) is 12.8 Å². The Morgan fingerprint density at radius 2 is 2.25 bits per heavy atom. The molecule has 2 rings (SSSR count). The van der Waals surface area contributed by atoms with Gasteiger partial charge in [0.15, 0.2) is 0 Å². The lowest BCUT2D eigenvalue weighted by Crippen LogP contribution is -2.40. The van der Waals surface area contributed by atoms with Crippen molar-refractivity contribution >= 4 is 12.0 Å². The normalized spacial score (nSPS) is 28.8. The highest BCUT2D eigenvalue weighted by Gasteiger charge is 2.44. The van der Waals surface area contributed by atoms with E-state index in [2.05, 4.69) is 5.32 Å². The van der Waals surface area contributed by atoms with Gasteiger partial charge in [-0.25, -0.2) is 9.59 Å². The number of urea groups is 1. The van der Waals surface area contributed by atoms with Crippen LogP contribution in [0.4, 0.5) is 4.79 Å². The molecule has 5 heteroatoms. The zero-order chi connectivity index (χ0) is 8.72. The zero-order valence-corrected chi connectivity index (χ0v) is 6.49. The average Bonchev–Trinajstić information content (AvgIpc) is 2.75. The number of carbonyl (C=O) groups excluding carboxylic acids is 1. The van der Waals surface area contributed by atoms with Gasteiger partial charge < -0.3 is 15.3 Å². The molecule has 1 saturated heterocycles. The fourth-order valence-corrected chi connectivity index (χ4v) is 1.49. The molecular formula is C7H10N2O3. The van der Waals surface area contributed by atoms with E-state index in [9.17, 15) is 9.59 Å². The number of hydrogen-bond acceptors (Lipinski definition) is 2. The van der Waals surface area contributed by atoms with E-state index < -0.39 is 12.0 Å². The highest BCUT2D eigenvalue weighted by atomic mass is 16.4. The molecule has 0 spiro atoms. The van der Waals surface area contributed by atoms with Crippen molar-refractivity contribution < 1.29 is 14.7 Å². The van der Waals surface area contributed by atoms with Crippen LogP contribution in [0.2, 0.25) is 0 Å². The van der Waals surface area contributed by atoms with E-state index in [0.29, 0.717) is 0 Å². The van der Waals surface area contributed by atoms with E-state index in [1.54, 1.807) is 0 Å². The molecule has 0 radical (unpaired) electrons. The second-order valence-corrected chi connectivity index (χ2v) is 3.18. The number of carbonyl (C=O) groups is 2. The maximum Gasteiger partial charge on any atom is 0.328 e. The fraction of sp³-hybridized carbons (Fsp3) is 0.714. The number of amides is 2. The lowest BCUT2D eigenvalue weighted by molar-refractivity contribution is -0.141. The Balaban J connectivity index is 2.13. The molecule has 0 aromatic heterocycles. The van der Waals surface area contributed by atoms with Crippen molar-refractivity contribution in [3.8, 4) is 0 Å². The summed E-state index contributed by atoms with van der Waals surface area (Å²) in [6, 6.07) is -0.705. The zero-order valence-electron chi connectivity index (χ0n) is 6.49. The monoisotopic (exact) mass is 170 g/mol. The summed E-state index contributed by atoms with van der Waals surface area (Å²) in [5, 5.41) is 11.3. The van der Waals surface area contributed by atoms with Gasteiger partial charge in [-0.05, 0) is 12.8 Å². The van der Waals surface area contributed by atoms with Crippen molar-refractivity contribution in [2.75, 3.05) is 6.54 Å². The predicted octanol–water partition coefficient (Wildman–Crippen LogP) is -0.373. The number of hydrogen-bond donors (Lipinski definition) is 2. The van der Waals surface area contributed by atoms with Crippen LogP contribution >= 0.6 is 0 Å². The van der Waals surface area contributed by atoms with Crippen LogP contribution in [0.15, 0.2) is 0 Å². The molecule has 2 N–H and O–H groups in total. The molecule has 1 saturated carbocycles. The largest absolute Gasteiger partial charge is 0.480 e. The number of rotatable bonds is 2. The van der Waals surface area contributed by atoms with Crippen LogP contribution in [0.25, 0.3) is 0 Å². The maximum atomic E-state index is 11.1. The molecule has 2 fully saturated rings. The average molecular weight is 170 g/mol. The first kappa shape index (κ1) is 7.39. The predicted molar refractivity (Wildman–Crippen MR) is 39.7 cm³/mol. The minimum absolute atomic E-state index is 0.175. The molecule has 66 valence electrons. The van der Waals surface area contributed by atoms with Gasteiger partial charge in [0.2, 0.25) is 0 Å². The van der Waals surface area contributed by atoms with Gasteiger partial charge in [-0.3, -0.25) is 0 Å². The second-order valence-electron chi connectivity index (χ2n) is 3.18. The Kier molecular flexibility index (Phi) is 1.46. The molecule has 0 bridgehead atoms. The van der Waals surface area contributed by atoms with Gasteiger partial charge in [-0.15, -0.1) is 0 Å². The van der Waals surface area contributed by atoms with Gasteiger partial charge in [-0.1, -0.05) is 0 Å². The van der Waals surface area contributed by atoms with Gasteiger partial charge in [0, 0.05) is 6.04 Å². The smallest absolute Gasteiger partial charge is 0.328 e. The minimum Gasteiger partial charge on any atom is -0.480 e. The van der Waals surface area contributed by atoms with Crippen LogP contribution in [0.5, 0.6) is 0 Å². The molecule has 1 unspecified atom stereocenters. The Bertz CT molecular complexity index is 237. The SMILES string of the molecule is O=C(O)C1CNC(=O)N1C1CC1. The Labute approximate surface area is 69.3 Å². The first-order valence-corrected chi connectivity index (χ1v) is 3.99.